The average molecular weight is 189 g/mol. The number of nitrogens with zero attached hydrogens (tertiary/aromatic N) is 1. The molecular weight excluding hydrogens is 170 g/mol. The summed E-state index contributed by atoms with van der Waals surface area (Å²) in [5.41, 5.74) is 3.78. The highest BCUT2D eigenvalue weighted by molar-refractivity contribution is 5.60. The molecule has 0 aliphatic carbocycles. The summed E-state index contributed by atoms with van der Waals surface area (Å²) >= 11 is 0. The lowest BCUT2D eigenvalue weighted by atomic mass is 10.1. The molecule has 1 nitrogen and oxygen atoms in total. The Labute approximate surface area is 86.9 Å². The molecule has 0 bridgehead atoms. The molecule has 76 valence electrons. The lowest BCUT2D eigenvalue weighted by Crippen LogP contribution is -1.89. The largest absolute Gasteiger partial charge is 0.257 e. The van der Waals surface area contributed by atoms with E-state index in [0.717, 1.165) is 18.5 Å². The minimum atomic E-state index is 1.08. The van der Waals surface area contributed by atoms with E-state index in [9.17, 15) is 0 Å². The highest BCUT2D eigenvalue weighted by Crippen LogP contribution is 2.13. The van der Waals surface area contributed by atoms with Crippen molar-refractivity contribution in [2.45, 2.75) is 40.0 Å². The van der Waals surface area contributed by atoms with Crippen LogP contribution in [0.4, 0.5) is 0 Å². The number of allylic oxidation sites excluding steroid dienone is 2. The Balaban J connectivity index is 2.84. The van der Waals surface area contributed by atoms with Gasteiger partial charge in [-0.2, -0.15) is 0 Å². The highest BCUT2D eigenvalue weighted by Gasteiger charge is 1.97. The summed E-state index contributed by atoms with van der Waals surface area (Å²) in [6.45, 7) is 6.50. The molecule has 0 spiro atoms. The maximum Gasteiger partial charge on any atom is 0.0658 e. The van der Waals surface area contributed by atoms with Crippen molar-refractivity contribution in [2.24, 2.45) is 0 Å². The number of hydrogen-bond acceptors (Lipinski definition) is 1. The van der Waals surface area contributed by atoms with Gasteiger partial charge in [0, 0.05) is 6.20 Å². The summed E-state index contributed by atoms with van der Waals surface area (Å²) in [7, 11) is 0. The second kappa shape index (κ2) is 5.58. The van der Waals surface area contributed by atoms with Crippen molar-refractivity contribution in [3.05, 3.63) is 35.7 Å². The van der Waals surface area contributed by atoms with Crippen LogP contribution >= 0.6 is 0 Å². The van der Waals surface area contributed by atoms with Gasteiger partial charge in [-0.1, -0.05) is 26.3 Å². The summed E-state index contributed by atoms with van der Waals surface area (Å²) in [5, 5.41) is 0. The van der Waals surface area contributed by atoms with Crippen LogP contribution in [0, 0.1) is 0 Å². The van der Waals surface area contributed by atoms with E-state index in [-0.39, 0.29) is 0 Å². The fraction of sp³-hybridized carbons (Fsp3) is 0.462. The van der Waals surface area contributed by atoms with Crippen LogP contribution in [0.3, 0.4) is 0 Å². The van der Waals surface area contributed by atoms with E-state index in [0.29, 0.717) is 0 Å². The lowest BCUT2D eigenvalue weighted by Gasteiger charge is -2.02. The smallest absolute Gasteiger partial charge is 0.0658 e. The summed E-state index contributed by atoms with van der Waals surface area (Å²) in [6, 6.07) is 4.26. The molecule has 0 saturated heterocycles. The topological polar surface area (TPSA) is 12.9 Å². The SMILES string of the molecule is CCC/C=C(\C)c1cc(CC)ccn1. The molecule has 0 atom stereocenters. The molecule has 0 aliphatic heterocycles. The molecule has 1 heterocycles. The van der Waals surface area contributed by atoms with Crippen LogP contribution in [0.1, 0.15) is 44.9 Å². The third-order valence-electron chi connectivity index (χ3n) is 2.38. The first kappa shape index (κ1) is 11.0. The van der Waals surface area contributed by atoms with Crippen molar-refractivity contribution in [1.82, 2.24) is 4.98 Å². The molecule has 0 radical (unpaired) electrons. The maximum absolute atomic E-state index is 4.37. The van der Waals surface area contributed by atoms with E-state index >= 15 is 0 Å². The van der Waals surface area contributed by atoms with E-state index in [1.54, 1.807) is 0 Å². The third-order valence-corrected chi connectivity index (χ3v) is 2.38. The Bertz CT molecular complexity index is 313. The van der Waals surface area contributed by atoms with Crippen LogP contribution in [0.5, 0.6) is 0 Å². The fourth-order valence-electron chi connectivity index (χ4n) is 1.38. The van der Waals surface area contributed by atoms with Gasteiger partial charge >= 0.3 is 0 Å². The Morgan fingerprint density at radius 1 is 1.43 bits per heavy atom. The van der Waals surface area contributed by atoms with Gasteiger partial charge in [0.05, 0.1) is 5.69 Å². The van der Waals surface area contributed by atoms with Crippen LogP contribution in [0.2, 0.25) is 0 Å². The average Bonchev–Trinajstić information content (AvgIpc) is 2.26. The number of aryl methyl sites for hydroxylation is 1. The summed E-state index contributed by atoms with van der Waals surface area (Å²) in [6.07, 6.45) is 7.59. The van der Waals surface area contributed by atoms with E-state index < -0.39 is 0 Å². The van der Waals surface area contributed by atoms with Gasteiger partial charge in [0.1, 0.15) is 0 Å². The Kier molecular flexibility index (Phi) is 4.37. The van der Waals surface area contributed by atoms with Crippen molar-refractivity contribution in [3.63, 3.8) is 0 Å². The van der Waals surface area contributed by atoms with Gasteiger partial charge < -0.3 is 0 Å². The number of unbranched alkanes of at least 4 members (excludes halogenated alkanes) is 1. The second-order valence-electron chi connectivity index (χ2n) is 3.58. The minimum absolute atomic E-state index is 1.08. The third kappa shape index (κ3) is 2.99. The Hall–Kier alpha value is -1.11. The first-order valence-electron chi connectivity index (χ1n) is 5.40. The summed E-state index contributed by atoms with van der Waals surface area (Å²) in [5.74, 6) is 0. The Morgan fingerprint density at radius 2 is 2.21 bits per heavy atom. The van der Waals surface area contributed by atoms with Gasteiger partial charge in [-0.05, 0) is 43.0 Å². The fourth-order valence-corrected chi connectivity index (χ4v) is 1.38. The van der Waals surface area contributed by atoms with Gasteiger partial charge in [-0.15, -0.1) is 0 Å². The molecule has 0 amide bonds. The Morgan fingerprint density at radius 3 is 2.86 bits per heavy atom. The number of rotatable bonds is 4. The molecule has 0 aromatic carbocycles. The lowest BCUT2D eigenvalue weighted by molar-refractivity contribution is 0.958. The van der Waals surface area contributed by atoms with E-state index in [1.807, 2.05) is 6.20 Å². The van der Waals surface area contributed by atoms with E-state index in [1.165, 1.54) is 17.6 Å². The van der Waals surface area contributed by atoms with E-state index in [4.69, 9.17) is 0 Å². The molecule has 1 rings (SSSR count). The molecule has 0 unspecified atom stereocenters. The number of aromatic nitrogens is 1. The van der Waals surface area contributed by atoms with Gasteiger partial charge in [-0.3, -0.25) is 4.98 Å². The molecule has 1 aromatic rings. The molecule has 0 fully saturated rings. The van der Waals surface area contributed by atoms with Crippen molar-refractivity contribution in [2.75, 3.05) is 0 Å². The normalized spacial score (nSPS) is 11.8. The maximum atomic E-state index is 4.37. The van der Waals surface area contributed by atoms with Gasteiger partial charge in [0.15, 0.2) is 0 Å². The zero-order chi connectivity index (χ0) is 10.4. The zero-order valence-corrected chi connectivity index (χ0v) is 9.38. The first-order chi connectivity index (χ1) is 6.77. The predicted octanol–water partition coefficient (Wildman–Crippen LogP) is 3.85. The molecular formula is C13H19N. The van der Waals surface area contributed by atoms with Crippen LogP contribution in [0.15, 0.2) is 24.4 Å². The molecule has 1 aromatic heterocycles. The van der Waals surface area contributed by atoms with Crippen LogP contribution in [0.25, 0.3) is 5.57 Å². The molecule has 0 N–H and O–H groups in total. The highest BCUT2D eigenvalue weighted by atomic mass is 14.7. The summed E-state index contributed by atoms with van der Waals surface area (Å²) in [4.78, 5) is 4.37. The molecule has 1 heteroatoms. The van der Waals surface area contributed by atoms with Crippen LogP contribution in [-0.2, 0) is 6.42 Å². The molecule has 0 aliphatic rings. The zero-order valence-electron chi connectivity index (χ0n) is 9.38. The molecule has 0 saturated carbocycles. The standard InChI is InChI=1S/C13H19N/c1-4-6-7-11(3)13-10-12(5-2)8-9-14-13/h7-10H,4-6H2,1-3H3/b11-7+. The van der Waals surface area contributed by atoms with Crippen LogP contribution in [-0.4, -0.2) is 4.98 Å². The van der Waals surface area contributed by atoms with Gasteiger partial charge in [-0.25, -0.2) is 0 Å². The summed E-state index contributed by atoms with van der Waals surface area (Å²) < 4.78 is 0. The van der Waals surface area contributed by atoms with Crippen molar-refractivity contribution in [3.8, 4) is 0 Å². The quantitative estimate of drug-likeness (QED) is 0.701. The van der Waals surface area contributed by atoms with Crippen molar-refractivity contribution < 1.29 is 0 Å². The first-order valence-corrected chi connectivity index (χ1v) is 5.40. The van der Waals surface area contributed by atoms with Crippen molar-refractivity contribution >= 4 is 5.57 Å². The monoisotopic (exact) mass is 189 g/mol. The predicted molar refractivity (Wildman–Crippen MR) is 62.2 cm³/mol. The molecule has 14 heavy (non-hydrogen) atoms. The van der Waals surface area contributed by atoms with Gasteiger partial charge in [0.25, 0.3) is 0 Å². The minimum Gasteiger partial charge on any atom is -0.257 e. The second-order valence-corrected chi connectivity index (χ2v) is 3.58. The van der Waals surface area contributed by atoms with Crippen LogP contribution < -0.4 is 0 Å². The van der Waals surface area contributed by atoms with Crippen molar-refractivity contribution in [1.29, 1.82) is 0 Å². The van der Waals surface area contributed by atoms with Gasteiger partial charge in [0.2, 0.25) is 0 Å². The van der Waals surface area contributed by atoms with E-state index in [2.05, 4.69) is 44.0 Å². The number of pyridine rings is 1. The number of hydrogen-bond donors (Lipinski definition) is 0.